The van der Waals surface area contributed by atoms with Crippen molar-refractivity contribution in [1.82, 2.24) is 5.43 Å². The zero-order chi connectivity index (χ0) is 14.4. The molecular weight excluding hydrogens is 248 g/mol. The molecule has 3 heteroatoms. The van der Waals surface area contributed by atoms with Crippen LogP contribution in [0, 0.1) is 5.41 Å². The number of benzene rings is 1. The first-order valence-electron chi connectivity index (χ1n) is 7.85. The smallest absolute Gasteiger partial charge is 0.246 e. The minimum atomic E-state index is -0.193. The Morgan fingerprint density at radius 2 is 1.70 bits per heavy atom. The number of hydrogen-bond donors (Lipinski definition) is 1. The van der Waals surface area contributed by atoms with Gasteiger partial charge >= 0.3 is 0 Å². The molecule has 0 radical (unpaired) electrons. The van der Waals surface area contributed by atoms with Gasteiger partial charge in [-0.05, 0) is 25.0 Å². The molecule has 1 aromatic rings. The van der Waals surface area contributed by atoms with Crippen LogP contribution < -0.4 is 10.4 Å². The van der Waals surface area contributed by atoms with Crippen LogP contribution in [-0.2, 0) is 4.79 Å². The summed E-state index contributed by atoms with van der Waals surface area (Å²) in [5, 5.41) is 2.02. The SMILES string of the molecule is CCCCC1(CCCC)CN(c2ccccc2)NC1=O. The molecule has 0 atom stereocenters. The van der Waals surface area contributed by atoms with Gasteiger partial charge in [0.2, 0.25) is 5.91 Å². The molecule has 0 unspecified atom stereocenters. The fourth-order valence-electron chi connectivity index (χ4n) is 2.96. The highest BCUT2D eigenvalue weighted by Gasteiger charge is 2.45. The average Bonchev–Trinajstić information content (AvgIpc) is 2.81. The number of para-hydroxylation sites is 1. The summed E-state index contributed by atoms with van der Waals surface area (Å²) >= 11 is 0. The van der Waals surface area contributed by atoms with Crippen LogP contribution in [0.25, 0.3) is 0 Å². The molecule has 2 rings (SSSR count). The molecule has 1 amide bonds. The molecule has 0 aliphatic carbocycles. The summed E-state index contributed by atoms with van der Waals surface area (Å²) in [7, 11) is 0. The first kappa shape index (κ1) is 14.9. The molecule has 20 heavy (non-hydrogen) atoms. The summed E-state index contributed by atoms with van der Waals surface area (Å²) in [4.78, 5) is 12.5. The van der Waals surface area contributed by atoms with E-state index in [-0.39, 0.29) is 11.3 Å². The van der Waals surface area contributed by atoms with Crippen molar-refractivity contribution < 1.29 is 4.79 Å². The van der Waals surface area contributed by atoms with Crippen LogP contribution in [0.2, 0.25) is 0 Å². The monoisotopic (exact) mass is 274 g/mol. The Morgan fingerprint density at radius 1 is 1.10 bits per heavy atom. The maximum atomic E-state index is 12.5. The highest BCUT2D eigenvalue weighted by Crippen LogP contribution is 2.37. The molecule has 0 bridgehead atoms. The van der Waals surface area contributed by atoms with Gasteiger partial charge in [0, 0.05) is 0 Å². The minimum absolute atomic E-state index is 0.193. The maximum Gasteiger partial charge on any atom is 0.246 e. The number of unbranched alkanes of at least 4 members (excludes halogenated alkanes) is 2. The molecule has 0 spiro atoms. The van der Waals surface area contributed by atoms with Gasteiger partial charge in [-0.2, -0.15) is 0 Å². The lowest BCUT2D eigenvalue weighted by molar-refractivity contribution is -0.128. The average molecular weight is 274 g/mol. The molecule has 0 saturated carbocycles. The third-order valence-corrected chi connectivity index (χ3v) is 4.26. The standard InChI is InChI=1S/C17H26N2O/c1-3-5-12-17(13-6-4-2)14-19(18-16(17)20)15-10-8-7-9-11-15/h7-11H,3-6,12-14H2,1-2H3,(H,18,20). The van der Waals surface area contributed by atoms with Gasteiger partial charge in [-0.1, -0.05) is 57.7 Å². The lowest BCUT2D eigenvalue weighted by Crippen LogP contribution is -2.34. The summed E-state index contributed by atoms with van der Waals surface area (Å²) in [6.45, 7) is 5.18. The van der Waals surface area contributed by atoms with Gasteiger partial charge in [-0.3, -0.25) is 15.2 Å². The molecule has 110 valence electrons. The third kappa shape index (κ3) is 3.14. The molecule has 3 nitrogen and oxygen atoms in total. The van der Waals surface area contributed by atoms with Gasteiger partial charge in [0.1, 0.15) is 0 Å². The van der Waals surface area contributed by atoms with E-state index in [1.807, 2.05) is 23.2 Å². The van der Waals surface area contributed by atoms with E-state index < -0.39 is 0 Å². The van der Waals surface area contributed by atoms with Crippen LogP contribution in [-0.4, -0.2) is 12.5 Å². The summed E-state index contributed by atoms with van der Waals surface area (Å²) in [5.74, 6) is 0.211. The van der Waals surface area contributed by atoms with Crippen LogP contribution in [0.4, 0.5) is 5.69 Å². The van der Waals surface area contributed by atoms with Crippen molar-refractivity contribution in [3.8, 4) is 0 Å². The largest absolute Gasteiger partial charge is 0.284 e. The van der Waals surface area contributed by atoms with Crippen LogP contribution >= 0.6 is 0 Å². The van der Waals surface area contributed by atoms with Crippen LogP contribution in [0.1, 0.15) is 52.4 Å². The highest BCUT2D eigenvalue weighted by molar-refractivity contribution is 5.88. The molecular formula is C17H26N2O. The Bertz CT molecular complexity index is 422. The molecule has 1 aliphatic rings. The first-order chi connectivity index (χ1) is 9.72. The second-order valence-electron chi connectivity index (χ2n) is 5.85. The zero-order valence-electron chi connectivity index (χ0n) is 12.7. The number of hydrogen-bond acceptors (Lipinski definition) is 2. The second kappa shape index (κ2) is 6.78. The topological polar surface area (TPSA) is 32.3 Å². The van der Waals surface area contributed by atoms with Crippen molar-refractivity contribution in [2.45, 2.75) is 52.4 Å². The maximum absolute atomic E-state index is 12.5. The van der Waals surface area contributed by atoms with E-state index in [9.17, 15) is 4.79 Å². The number of rotatable bonds is 7. The van der Waals surface area contributed by atoms with E-state index in [4.69, 9.17) is 0 Å². The van der Waals surface area contributed by atoms with Crippen LogP contribution in [0.15, 0.2) is 30.3 Å². The molecule has 1 aliphatic heterocycles. The van der Waals surface area contributed by atoms with Crippen molar-refractivity contribution in [2.75, 3.05) is 11.6 Å². The fourth-order valence-corrected chi connectivity index (χ4v) is 2.96. The molecule has 1 fully saturated rings. The molecule has 0 aromatic heterocycles. The van der Waals surface area contributed by atoms with Gasteiger partial charge in [0.05, 0.1) is 17.6 Å². The number of carbonyl (C=O) groups excluding carboxylic acids is 1. The van der Waals surface area contributed by atoms with E-state index in [2.05, 4.69) is 31.4 Å². The number of anilines is 1. The second-order valence-corrected chi connectivity index (χ2v) is 5.85. The Kier molecular flexibility index (Phi) is 5.05. The van der Waals surface area contributed by atoms with E-state index in [1.165, 1.54) is 0 Å². The molecule has 1 saturated heterocycles. The van der Waals surface area contributed by atoms with Crippen LogP contribution in [0.3, 0.4) is 0 Å². The zero-order valence-corrected chi connectivity index (χ0v) is 12.7. The lowest BCUT2D eigenvalue weighted by atomic mass is 9.78. The summed E-state index contributed by atoms with van der Waals surface area (Å²) < 4.78 is 0. The van der Waals surface area contributed by atoms with E-state index in [1.54, 1.807) is 0 Å². The van der Waals surface area contributed by atoms with E-state index >= 15 is 0 Å². The number of hydrazine groups is 1. The number of amides is 1. The minimum Gasteiger partial charge on any atom is -0.284 e. The summed E-state index contributed by atoms with van der Waals surface area (Å²) in [5.41, 5.74) is 3.96. The third-order valence-electron chi connectivity index (χ3n) is 4.26. The first-order valence-corrected chi connectivity index (χ1v) is 7.85. The van der Waals surface area contributed by atoms with Gasteiger partial charge in [-0.25, -0.2) is 0 Å². The fraction of sp³-hybridized carbons (Fsp3) is 0.588. The van der Waals surface area contributed by atoms with Crippen molar-refractivity contribution in [2.24, 2.45) is 5.41 Å². The highest BCUT2D eigenvalue weighted by atomic mass is 16.2. The van der Waals surface area contributed by atoms with Crippen molar-refractivity contribution >= 4 is 11.6 Å². The Hall–Kier alpha value is -1.51. The van der Waals surface area contributed by atoms with Gasteiger partial charge in [0.15, 0.2) is 0 Å². The van der Waals surface area contributed by atoms with Crippen LogP contribution in [0.5, 0.6) is 0 Å². The summed E-state index contributed by atoms with van der Waals surface area (Å²) in [6.07, 6.45) is 6.54. The normalized spacial score (nSPS) is 17.3. The van der Waals surface area contributed by atoms with Gasteiger partial charge < -0.3 is 0 Å². The predicted molar refractivity (Wildman–Crippen MR) is 83.4 cm³/mol. The Morgan fingerprint density at radius 3 is 2.25 bits per heavy atom. The Balaban J connectivity index is 2.14. The quantitative estimate of drug-likeness (QED) is 0.817. The van der Waals surface area contributed by atoms with Crippen molar-refractivity contribution in [3.05, 3.63) is 30.3 Å². The van der Waals surface area contributed by atoms with Crippen molar-refractivity contribution in [3.63, 3.8) is 0 Å². The molecule has 1 heterocycles. The summed E-state index contributed by atoms with van der Waals surface area (Å²) in [6, 6.07) is 10.1. The van der Waals surface area contributed by atoms with Crippen molar-refractivity contribution in [1.29, 1.82) is 0 Å². The number of nitrogens with zero attached hydrogens (tertiary/aromatic N) is 1. The number of nitrogens with one attached hydrogen (secondary N) is 1. The van der Waals surface area contributed by atoms with Gasteiger partial charge in [0.25, 0.3) is 0 Å². The lowest BCUT2D eigenvalue weighted by Gasteiger charge is -2.26. The van der Waals surface area contributed by atoms with Gasteiger partial charge in [-0.15, -0.1) is 0 Å². The molecule has 1 aromatic carbocycles. The molecule has 1 N–H and O–H groups in total. The predicted octanol–water partition coefficient (Wildman–Crippen LogP) is 3.90. The Labute approximate surface area is 122 Å². The number of carbonyl (C=O) groups is 1. The van der Waals surface area contributed by atoms with E-state index in [0.29, 0.717) is 0 Å². The van der Waals surface area contributed by atoms with E-state index in [0.717, 1.165) is 50.8 Å².